The van der Waals surface area contributed by atoms with Crippen molar-refractivity contribution < 1.29 is 19.4 Å². The molecular weight excluding hydrogens is 426 g/mol. The Morgan fingerprint density at radius 2 is 1.68 bits per heavy atom. The Morgan fingerprint density at radius 3 is 2.29 bits per heavy atom. The summed E-state index contributed by atoms with van der Waals surface area (Å²) in [6.07, 6.45) is 4.86. The van der Waals surface area contributed by atoms with Gasteiger partial charge in [-0.3, -0.25) is 4.99 Å². The van der Waals surface area contributed by atoms with Gasteiger partial charge in [-0.25, -0.2) is 4.79 Å². The van der Waals surface area contributed by atoms with Gasteiger partial charge in [-0.15, -0.1) is 0 Å². The quantitative estimate of drug-likeness (QED) is 0.405. The van der Waals surface area contributed by atoms with Gasteiger partial charge in [0.05, 0.1) is 18.4 Å². The maximum Gasteiger partial charge on any atom is 0.328 e. The molecule has 0 bridgehead atoms. The van der Waals surface area contributed by atoms with Crippen LogP contribution in [0.15, 0.2) is 89.9 Å². The summed E-state index contributed by atoms with van der Waals surface area (Å²) in [5, 5.41) is 9.98. The molecule has 1 fully saturated rings. The van der Waals surface area contributed by atoms with Crippen LogP contribution in [0.2, 0.25) is 0 Å². The molecule has 0 amide bonds. The summed E-state index contributed by atoms with van der Waals surface area (Å²) in [7, 11) is 0. The minimum atomic E-state index is -0.954. The summed E-state index contributed by atoms with van der Waals surface area (Å²) in [5.41, 5.74) is 3.33. The number of rotatable bonds is 10. The van der Waals surface area contributed by atoms with E-state index in [1.807, 2.05) is 84.9 Å². The van der Waals surface area contributed by atoms with Crippen LogP contribution in [0.4, 0.5) is 0 Å². The van der Waals surface area contributed by atoms with Crippen LogP contribution in [-0.2, 0) is 16.0 Å². The molecule has 0 aromatic heterocycles. The first-order valence-corrected chi connectivity index (χ1v) is 11.9. The van der Waals surface area contributed by atoms with Gasteiger partial charge in [0.2, 0.25) is 0 Å². The van der Waals surface area contributed by atoms with E-state index in [0.29, 0.717) is 12.3 Å². The highest BCUT2D eigenvalue weighted by molar-refractivity contribution is 6.13. The van der Waals surface area contributed by atoms with Gasteiger partial charge in [0, 0.05) is 30.6 Å². The van der Waals surface area contributed by atoms with Crippen LogP contribution in [0.5, 0.6) is 5.75 Å². The summed E-state index contributed by atoms with van der Waals surface area (Å²) in [6, 6.07) is 26.2. The number of aliphatic carboxylic acids is 1. The Bertz CT molecular complexity index is 1030. The number of hydrogen-bond donors (Lipinski definition) is 1. The zero-order valence-electron chi connectivity index (χ0n) is 19.3. The molecule has 176 valence electrons. The van der Waals surface area contributed by atoms with E-state index in [2.05, 4.69) is 0 Å². The molecule has 2 atom stereocenters. The van der Waals surface area contributed by atoms with Crippen molar-refractivity contribution in [2.45, 2.75) is 44.2 Å². The van der Waals surface area contributed by atoms with Crippen molar-refractivity contribution in [1.82, 2.24) is 0 Å². The molecule has 2 unspecified atom stereocenters. The fourth-order valence-corrected chi connectivity index (χ4v) is 4.18. The van der Waals surface area contributed by atoms with E-state index >= 15 is 0 Å². The Hall–Kier alpha value is -3.44. The van der Waals surface area contributed by atoms with Crippen molar-refractivity contribution >= 4 is 11.7 Å². The van der Waals surface area contributed by atoms with Crippen molar-refractivity contribution in [1.29, 1.82) is 0 Å². The SMILES string of the molecule is O=C(O)C(Cc1cccc(OCCC2CCCCO2)c1)N=C(c1ccccc1)c1ccccc1. The van der Waals surface area contributed by atoms with Gasteiger partial charge in [-0.05, 0) is 37.0 Å². The zero-order chi connectivity index (χ0) is 23.6. The maximum atomic E-state index is 12.2. The Kier molecular flexibility index (Phi) is 8.47. The summed E-state index contributed by atoms with van der Waals surface area (Å²) in [5.74, 6) is -0.210. The minimum Gasteiger partial charge on any atom is -0.493 e. The minimum absolute atomic E-state index is 0.275. The second kappa shape index (κ2) is 12.1. The highest BCUT2D eigenvalue weighted by Gasteiger charge is 2.20. The standard InChI is InChI=1S/C29H31NO4/c31-29(32)27(30-28(23-11-3-1-4-12-23)24-13-5-2-6-14-24)21-22-10-9-16-26(20-22)34-19-17-25-15-7-8-18-33-25/h1-6,9-14,16,20,25,27H,7-8,15,17-19,21H2,(H,31,32). The van der Waals surface area contributed by atoms with Crippen LogP contribution in [0.25, 0.3) is 0 Å². The lowest BCUT2D eigenvalue weighted by molar-refractivity contribution is -0.138. The fourth-order valence-electron chi connectivity index (χ4n) is 4.18. The average molecular weight is 458 g/mol. The van der Waals surface area contributed by atoms with E-state index in [0.717, 1.165) is 48.3 Å². The third-order valence-corrected chi connectivity index (χ3v) is 5.97. The number of carboxylic acid groups (broad SMARTS) is 1. The van der Waals surface area contributed by atoms with Gasteiger partial charge in [-0.1, -0.05) is 72.8 Å². The van der Waals surface area contributed by atoms with Crippen LogP contribution in [-0.4, -0.2) is 42.1 Å². The van der Waals surface area contributed by atoms with E-state index in [1.165, 1.54) is 6.42 Å². The average Bonchev–Trinajstić information content (AvgIpc) is 2.88. The largest absolute Gasteiger partial charge is 0.493 e. The van der Waals surface area contributed by atoms with Crippen molar-refractivity contribution in [3.63, 3.8) is 0 Å². The lowest BCUT2D eigenvalue weighted by Crippen LogP contribution is -2.23. The number of benzene rings is 3. The monoisotopic (exact) mass is 457 g/mol. The molecule has 4 rings (SSSR count). The normalized spacial score (nSPS) is 16.4. The molecule has 3 aromatic rings. The third-order valence-electron chi connectivity index (χ3n) is 5.97. The summed E-state index contributed by atoms with van der Waals surface area (Å²) < 4.78 is 11.7. The van der Waals surface area contributed by atoms with Gasteiger partial charge in [0.15, 0.2) is 6.04 Å². The molecule has 1 N–H and O–H groups in total. The van der Waals surface area contributed by atoms with Gasteiger partial charge in [0.25, 0.3) is 0 Å². The fraction of sp³-hybridized carbons (Fsp3) is 0.310. The molecule has 0 radical (unpaired) electrons. The van der Waals surface area contributed by atoms with Crippen LogP contribution < -0.4 is 4.74 Å². The number of carboxylic acids is 1. The van der Waals surface area contributed by atoms with E-state index in [9.17, 15) is 9.90 Å². The Morgan fingerprint density at radius 1 is 0.971 bits per heavy atom. The predicted octanol–water partition coefficient (Wildman–Crippen LogP) is 5.56. The highest BCUT2D eigenvalue weighted by Crippen LogP contribution is 2.20. The molecule has 34 heavy (non-hydrogen) atoms. The Labute approximate surface area is 201 Å². The second-order valence-electron chi connectivity index (χ2n) is 8.54. The molecule has 1 saturated heterocycles. The zero-order valence-corrected chi connectivity index (χ0v) is 19.3. The van der Waals surface area contributed by atoms with Crippen molar-refractivity contribution in [2.75, 3.05) is 13.2 Å². The van der Waals surface area contributed by atoms with Crippen LogP contribution in [0.1, 0.15) is 42.4 Å². The molecule has 5 nitrogen and oxygen atoms in total. The lowest BCUT2D eigenvalue weighted by atomic mass is 10.0. The predicted molar refractivity (Wildman–Crippen MR) is 134 cm³/mol. The van der Waals surface area contributed by atoms with Gasteiger partial charge in [-0.2, -0.15) is 0 Å². The molecule has 0 aliphatic carbocycles. The summed E-state index contributed by atoms with van der Waals surface area (Å²) in [4.78, 5) is 16.9. The highest BCUT2D eigenvalue weighted by atomic mass is 16.5. The number of hydrogen-bond acceptors (Lipinski definition) is 4. The van der Waals surface area contributed by atoms with Crippen molar-refractivity contribution in [2.24, 2.45) is 4.99 Å². The van der Waals surface area contributed by atoms with Gasteiger partial charge >= 0.3 is 5.97 Å². The molecular formula is C29H31NO4. The smallest absolute Gasteiger partial charge is 0.328 e. The maximum absolute atomic E-state index is 12.2. The summed E-state index contributed by atoms with van der Waals surface area (Å²) >= 11 is 0. The molecule has 0 spiro atoms. The molecule has 0 saturated carbocycles. The third kappa shape index (κ3) is 6.78. The van der Waals surface area contributed by atoms with Crippen LogP contribution >= 0.6 is 0 Å². The topological polar surface area (TPSA) is 68.1 Å². The number of carbonyl (C=O) groups is 1. The first-order chi connectivity index (χ1) is 16.7. The molecule has 1 aliphatic heterocycles. The van der Waals surface area contributed by atoms with Crippen molar-refractivity contribution in [3.05, 3.63) is 102 Å². The molecule has 1 heterocycles. The number of aliphatic imine (C=N–C) groups is 1. The van der Waals surface area contributed by atoms with Gasteiger partial charge in [0.1, 0.15) is 5.75 Å². The Balaban J connectivity index is 1.49. The summed E-state index contributed by atoms with van der Waals surface area (Å²) in [6.45, 7) is 1.42. The van der Waals surface area contributed by atoms with E-state index in [1.54, 1.807) is 0 Å². The van der Waals surface area contributed by atoms with Crippen LogP contribution in [0, 0.1) is 0 Å². The van der Waals surface area contributed by atoms with Crippen LogP contribution in [0.3, 0.4) is 0 Å². The lowest BCUT2D eigenvalue weighted by Gasteiger charge is -2.22. The molecule has 3 aromatic carbocycles. The van der Waals surface area contributed by atoms with E-state index in [4.69, 9.17) is 14.5 Å². The van der Waals surface area contributed by atoms with Gasteiger partial charge < -0.3 is 14.6 Å². The first kappa shape index (κ1) is 23.7. The first-order valence-electron chi connectivity index (χ1n) is 11.9. The van der Waals surface area contributed by atoms with E-state index in [-0.39, 0.29) is 12.5 Å². The van der Waals surface area contributed by atoms with E-state index < -0.39 is 12.0 Å². The molecule has 1 aliphatic rings. The number of ether oxygens (including phenoxy) is 2. The number of nitrogens with zero attached hydrogens (tertiary/aromatic N) is 1. The van der Waals surface area contributed by atoms with Crippen molar-refractivity contribution in [3.8, 4) is 5.75 Å². The molecule has 5 heteroatoms. The second-order valence-corrected chi connectivity index (χ2v) is 8.54.